The SMILES string of the molecule is C=CCn1c(COc2ccccc2F)nnc1SCc1nc(N)nc(Nc2ccccc2OC)n1. The minimum Gasteiger partial charge on any atom is -0.495 e. The molecule has 180 valence electrons. The second kappa shape index (κ2) is 11.3. The van der Waals surface area contributed by atoms with Gasteiger partial charge in [-0.05, 0) is 24.3 Å². The van der Waals surface area contributed by atoms with Crippen LogP contribution in [0.5, 0.6) is 11.5 Å². The molecule has 0 unspecified atom stereocenters. The summed E-state index contributed by atoms with van der Waals surface area (Å²) < 4.78 is 26.6. The molecule has 0 atom stereocenters. The second-order valence-corrected chi connectivity index (χ2v) is 8.01. The van der Waals surface area contributed by atoms with Gasteiger partial charge in [0.2, 0.25) is 11.9 Å². The molecule has 0 saturated heterocycles. The van der Waals surface area contributed by atoms with Gasteiger partial charge in [0.15, 0.2) is 22.5 Å². The number of halogens is 1. The molecule has 2 aromatic heterocycles. The molecule has 0 bridgehead atoms. The fourth-order valence-electron chi connectivity index (χ4n) is 3.10. The summed E-state index contributed by atoms with van der Waals surface area (Å²) in [4.78, 5) is 12.8. The maximum atomic E-state index is 13.9. The Labute approximate surface area is 205 Å². The van der Waals surface area contributed by atoms with Gasteiger partial charge in [0, 0.05) is 6.54 Å². The summed E-state index contributed by atoms with van der Waals surface area (Å²) in [6.45, 7) is 4.29. The van der Waals surface area contributed by atoms with E-state index >= 15 is 0 Å². The molecule has 0 aliphatic heterocycles. The zero-order valence-electron chi connectivity index (χ0n) is 18.9. The monoisotopic (exact) mass is 494 g/mol. The Bertz CT molecular complexity index is 1320. The first-order valence-electron chi connectivity index (χ1n) is 10.5. The first-order chi connectivity index (χ1) is 17.1. The van der Waals surface area contributed by atoms with Gasteiger partial charge in [-0.1, -0.05) is 42.1 Å². The van der Waals surface area contributed by atoms with Crippen LogP contribution in [0.3, 0.4) is 0 Å². The van der Waals surface area contributed by atoms with Crippen LogP contribution in [0.4, 0.5) is 22.0 Å². The van der Waals surface area contributed by atoms with Gasteiger partial charge in [-0.15, -0.1) is 16.8 Å². The molecule has 35 heavy (non-hydrogen) atoms. The number of nitrogens with zero attached hydrogens (tertiary/aromatic N) is 6. The summed E-state index contributed by atoms with van der Waals surface area (Å²) in [5.74, 6) is 2.07. The molecule has 10 nitrogen and oxygen atoms in total. The van der Waals surface area contributed by atoms with Crippen LogP contribution in [0.1, 0.15) is 11.6 Å². The molecule has 0 aliphatic rings. The van der Waals surface area contributed by atoms with Crippen LogP contribution in [-0.2, 0) is 18.9 Å². The van der Waals surface area contributed by atoms with Crippen molar-refractivity contribution < 1.29 is 13.9 Å². The number of hydrogen-bond acceptors (Lipinski definition) is 10. The highest BCUT2D eigenvalue weighted by Gasteiger charge is 2.15. The molecule has 0 radical (unpaired) electrons. The highest BCUT2D eigenvalue weighted by molar-refractivity contribution is 7.98. The van der Waals surface area contributed by atoms with E-state index in [1.54, 1.807) is 31.4 Å². The normalized spacial score (nSPS) is 10.7. The maximum absolute atomic E-state index is 13.9. The third-order valence-electron chi connectivity index (χ3n) is 4.68. The van der Waals surface area contributed by atoms with Crippen LogP contribution < -0.4 is 20.5 Å². The molecule has 0 amide bonds. The first kappa shape index (κ1) is 24.0. The van der Waals surface area contributed by atoms with Gasteiger partial charge >= 0.3 is 0 Å². The van der Waals surface area contributed by atoms with Crippen LogP contribution in [0, 0.1) is 5.82 Å². The Kier molecular flexibility index (Phi) is 7.73. The van der Waals surface area contributed by atoms with E-state index in [4.69, 9.17) is 15.2 Å². The number of nitrogen functional groups attached to an aromatic ring is 1. The van der Waals surface area contributed by atoms with Crippen LogP contribution >= 0.6 is 11.8 Å². The van der Waals surface area contributed by atoms with Crippen LogP contribution in [-0.4, -0.2) is 36.8 Å². The van der Waals surface area contributed by atoms with Crippen molar-refractivity contribution in [1.29, 1.82) is 0 Å². The lowest BCUT2D eigenvalue weighted by molar-refractivity contribution is 0.275. The van der Waals surface area contributed by atoms with E-state index in [1.807, 2.05) is 28.8 Å². The number of thioether (sulfide) groups is 1. The topological polar surface area (TPSA) is 126 Å². The highest BCUT2D eigenvalue weighted by Crippen LogP contribution is 2.27. The van der Waals surface area contributed by atoms with Crippen LogP contribution in [0.15, 0.2) is 66.3 Å². The summed E-state index contributed by atoms with van der Waals surface area (Å²) >= 11 is 1.37. The van der Waals surface area contributed by atoms with Crippen LogP contribution in [0.2, 0.25) is 0 Å². The quantitative estimate of drug-likeness (QED) is 0.233. The summed E-state index contributed by atoms with van der Waals surface area (Å²) in [7, 11) is 1.58. The summed E-state index contributed by atoms with van der Waals surface area (Å²) in [6, 6.07) is 13.6. The number of nitrogens with two attached hydrogens (primary N) is 1. The standard InChI is InChI=1S/C23H23FN8O2S/c1-3-12-32-20(13-34-17-10-6-4-8-15(17)24)30-31-23(32)35-14-19-27-21(25)29-22(28-19)26-16-9-5-7-11-18(16)33-2/h3-11H,1,12-14H2,2H3,(H3,25,26,27,28,29). The van der Waals surface area contributed by atoms with Crippen molar-refractivity contribution in [2.45, 2.75) is 24.1 Å². The lowest BCUT2D eigenvalue weighted by atomic mass is 10.3. The first-order valence-corrected chi connectivity index (χ1v) is 11.5. The minimum atomic E-state index is -0.443. The van der Waals surface area contributed by atoms with Gasteiger partial charge in [-0.2, -0.15) is 15.0 Å². The zero-order valence-corrected chi connectivity index (χ0v) is 19.7. The van der Waals surface area contributed by atoms with Crippen molar-refractivity contribution >= 4 is 29.3 Å². The van der Waals surface area contributed by atoms with Crippen molar-refractivity contribution in [3.05, 3.63) is 78.7 Å². The predicted molar refractivity (Wildman–Crippen MR) is 131 cm³/mol. The summed E-state index contributed by atoms with van der Waals surface area (Å²) in [5, 5.41) is 12.1. The van der Waals surface area contributed by atoms with E-state index < -0.39 is 5.82 Å². The van der Waals surface area contributed by atoms with E-state index in [2.05, 4.69) is 37.0 Å². The van der Waals surface area contributed by atoms with Crippen molar-refractivity contribution in [2.24, 2.45) is 0 Å². The molecule has 0 aliphatic carbocycles. The largest absolute Gasteiger partial charge is 0.495 e. The molecule has 4 aromatic rings. The number of anilines is 3. The van der Waals surface area contributed by atoms with E-state index in [-0.39, 0.29) is 18.3 Å². The second-order valence-electron chi connectivity index (χ2n) is 7.06. The van der Waals surface area contributed by atoms with Crippen LogP contribution in [0.25, 0.3) is 0 Å². The number of aromatic nitrogens is 6. The lowest BCUT2D eigenvalue weighted by Crippen LogP contribution is -2.09. The van der Waals surface area contributed by atoms with Crippen molar-refractivity contribution in [2.75, 3.05) is 18.2 Å². The van der Waals surface area contributed by atoms with Gasteiger partial charge in [0.05, 0.1) is 18.6 Å². The van der Waals surface area contributed by atoms with Crippen molar-refractivity contribution in [3.63, 3.8) is 0 Å². The number of hydrogen-bond donors (Lipinski definition) is 2. The van der Waals surface area contributed by atoms with E-state index in [0.29, 0.717) is 46.5 Å². The molecular formula is C23H23FN8O2S. The minimum absolute atomic E-state index is 0.0496. The molecule has 12 heteroatoms. The number of ether oxygens (including phenoxy) is 2. The van der Waals surface area contributed by atoms with E-state index in [1.165, 1.54) is 17.8 Å². The molecule has 2 aromatic carbocycles. The van der Waals surface area contributed by atoms with E-state index in [9.17, 15) is 4.39 Å². The Hall–Kier alpha value is -4.19. The predicted octanol–water partition coefficient (Wildman–Crippen LogP) is 3.99. The van der Waals surface area contributed by atoms with Gasteiger partial charge in [-0.25, -0.2) is 4.39 Å². The van der Waals surface area contributed by atoms with Crippen molar-refractivity contribution in [1.82, 2.24) is 29.7 Å². The molecular weight excluding hydrogens is 471 g/mol. The smallest absolute Gasteiger partial charge is 0.232 e. The number of nitrogens with one attached hydrogen (secondary N) is 1. The van der Waals surface area contributed by atoms with Gasteiger partial charge in [0.1, 0.15) is 18.2 Å². The Morgan fingerprint density at radius 3 is 2.63 bits per heavy atom. The Morgan fingerprint density at radius 2 is 1.86 bits per heavy atom. The Balaban J connectivity index is 1.47. The molecule has 0 saturated carbocycles. The third-order valence-corrected chi connectivity index (χ3v) is 5.64. The number of methoxy groups -OCH3 is 1. The molecule has 4 rings (SSSR count). The summed E-state index contributed by atoms with van der Waals surface area (Å²) in [6.07, 6.45) is 1.72. The molecule has 2 heterocycles. The maximum Gasteiger partial charge on any atom is 0.232 e. The molecule has 3 N–H and O–H groups in total. The average molecular weight is 495 g/mol. The summed E-state index contributed by atoms with van der Waals surface area (Å²) in [5.41, 5.74) is 6.60. The van der Waals surface area contributed by atoms with Gasteiger partial charge < -0.3 is 20.5 Å². The zero-order chi connectivity index (χ0) is 24.6. The number of rotatable bonds is 11. The fraction of sp³-hybridized carbons (Fsp3) is 0.174. The van der Waals surface area contributed by atoms with Gasteiger partial charge in [-0.3, -0.25) is 4.57 Å². The highest BCUT2D eigenvalue weighted by atomic mass is 32.2. The van der Waals surface area contributed by atoms with Crippen molar-refractivity contribution in [3.8, 4) is 11.5 Å². The average Bonchev–Trinajstić information content (AvgIpc) is 3.24. The lowest BCUT2D eigenvalue weighted by Gasteiger charge is -2.11. The molecule has 0 spiro atoms. The number of allylic oxidation sites excluding steroid dienone is 1. The third kappa shape index (κ3) is 6.03. The van der Waals surface area contributed by atoms with E-state index in [0.717, 1.165) is 0 Å². The Morgan fingerprint density at radius 1 is 1.09 bits per heavy atom. The number of benzene rings is 2. The fourth-order valence-corrected chi connectivity index (χ4v) is 3.93. The number of para-hydroxylation sites is 3. The van der Waals surface area contributed by atoms with Gasteiger partial charge in [0.25, 0.3) is 0 Å². The molecule has 0 fully saturated rings.